The smallest absolute Gasteiger partial charge is 0.155 e. The quantitative estimate of drug-likeness (QED) is 0.504. The lowest BCUT2D eigenvalue weighted by Gasteiger charge is -2.20. The third-order valence-corrected chi connectivity index (χ3v) is 4.81. The Bertz CT molecular complexity index is 1110. The molecule has 29 heavy (non-hydrogen) atoms. The molecule has 0 aliphatic rings. The molecule has 0 unspecified atom stereocenters. The maximum atomic E-state index is 13.4. The first-order valence-corrected chi connectivity index (χ1v) is 9.45. The number of nitrogens with zero attached hydrogens (tertiary/aromatic N) is 6. The number of fused-ring (bicyclic) bond motifs is 1. The zero-order chi connectivity index (χ0) is 20.4. The highest BCUT2D eigenvalue weighted by molar-refractivity contribution is 5.81. The van der Waals surface area contributed by atoms with Crippen LogP contribution in [0.1, 0.15) is 0 Å². The SMILES string of the molecule is CN(C)CCN(C)c1ccc2nc(-c3ccc(F)cc3)c(-c3ccncc3)n2n1. The van der Waals surface area contributed by atoms with Crippen LogP contribution in [0.2, 0.25) is 0 Å². The molecule has 0 saturated heterocycles. The van der Waals surface area contributed by atoms with Crippen LogP contribution in [0.3, 0.4) is 0 Å². The monoisotopic (exact) mass is 390 g/mol. The van der Waals surface area contributed by atoms with Gasteiger partial charge >= 0.3 is 0 Å². The Labute approximate surface area is 169 Å². The van der Waals surface area contributed by atoms with Crippen LogP contribution in [0.5, 0.6) is 0 Å². The Balaban J connectivity index is 1.86. The van der Waals surface area contributed by atoms with E-state index in [9.17, 15) is 4.39 Å². The molecular formula is C22H23FN6. The third-order valence-electron chi connectivity index (χ3n) is 4.81. The van der Waals surface area contributed by atoms with Crippen molar-refractivity contribution in [2.24, 2.45) is 0 Å². The van der Waals surface area contributed by atoms with Crippen molar-refractivity contribution in [3.63, 3.8) is 0 Å². The van der Waals surface area contributed by atoms with Gasteiger partial charge < -0.3 is 9.80 Å². The predicted octanol–water partition coefficient (Wildman–Crippen LogP) is 3.60. The number of imidazole rings is 1. The molecule has 0 bridgehead atoms. The van der Waals surface area contributed by atoms with Crippen molar-refractivity contribution in [1.29, 1.82) is 0 Å². The minimum atomic E-state index is -0.272. The van der Waals surface area contributed by atoms with E-state index in [1.165, 1.54) is 12.1 Å². The minimum absolute atomic E-state index is 0.272. The summed E-state index contributed by atoms with van der Waals surface area (Å²) in [6.07, 6.45) is 3.49. The summed E-state index contributed by atoms with van der Waals surface area (Å²) >= 11 is 0. The number of halogens is 1. The fourth-order valence-corrected chi connectivity index (χ4v) is 3.17. The number of benzene rings is 1. The van der Waals surface area contributed by atoms with Crippen molar-refractivity contribution < 1.29 is 4.39 Å². The second kappa shape index (κ2) is 7.97. The number of anilines is 1. The topological polar surface area (TPSA) is 49.6 Å². The Morgan fingerprint density at radius 1 is 0.862 bits per heavy atom. The fraction of sp³-hybridized carbons (Fsp3) is 0.227. The van der Waals surface area contributed by atoms with Gasteiger partial charge in [0.05, 0.1) is 5.69 Å². The second-order valence-corrected chi connectivity index (χ2v) is 7.24. The van der Waals surface area contributed by atoms with Crippen LogP contribution in [0.25, 0.3) is 28.2 Å². The molecule has 0 fully saturated rings. The molecule has 0 atom stereocenters. The van der Waals surface area contributed by atoms with Gasteiger partial charge in [0.1, 0.15) is 17.3 Å². The van der Waals surface area contributed by atoms with Gasteiger partial charge in [0.25, 0.3) is 0 Å². The summed E-state index contributed by atoms with van der Waals surface area (Å²) < 4.78 is 15.3. The zero-order valence-corrected chi connectivity index (χ0v) is 16.7. The summed E-state index contributed by atoms with van der Waals surface area (Å²) in [5.41, 5.74) is 4.15. The lowest BCUT2D eigenvalue weighted by atomic mass is 10.1. The highest BCUT2D eigenvalue weighted by atomic mass is 19.1. The normalized spacial score (nSPS) is 11.3. The number of rotatable bonds is 6. The molecule has 3 aromatic heterocycles. The molecule has 148 valence electrons. The van der Waals surface area contributed by atoms with E-state index in [2.05, 4.69) is 28.9 Å². The van der Waals surface area contributed by atoms with E-state index in [-0.39, 0.29) is 5.82 Å². The molecule has 7 heteroatoms. The molecule has 0 saturated carbocycles. The van der Waals surface area contributed by atoms with Gasteiger partial charge in [-0.25, -0.2) is 13.9 Å². The molecule has 4 aromatic rings. The minimum Gasteiger partial charge on any atom is -0.357 e. The number of hydrogen-bond donors (Lipinski definition) is 0. The highest BCUT2D eigenvalue weighted by Crippen LogP contribution is 2.32. The molecule has 3 heterocycles. The van der Waals surface area contributed by atoms with Crippen molar-refractivity contribution in [1.82, 2.24) is 24.5 Å². The molecular weight excluding hydrogens is 367 g/mol. The van der Waals surface area contributed by atoms with Crippen LogP contribution >= 0.6 is 0 Å². The van der Waals surface area contributed by atoms with Crippen molar-refractivity contribution in [3.05, 3.63) is 66.7 Å². The predicted molar refractivity (Wildman–Crippen MR) is 113 cm³/mol. The Morgan fingerprint density at radius 3 is 2.28 bits per heavy atom. The summed E-state index contributed by atoms with van der Waals surface area (Å²) in [6, 6.07) is 14.2. The first-order chi connectivity index (χ1) is 14.0. The van der Waals surface area contributed by atoms with Crippen molar-refractivity contribution in [3.8, 4) is 22.5 Å². The molecule has 0 aliphatic carbocycles. The van der Waals surface area contributed by atoms with Crippen LogP contribution in [0, 0.1) is 5.82 Å². The maximum Gasteiger partial charge on any atom is 0.155 e. The summed E-state index contributed by atoms with van der Waals surface area (Å²) in [6.45, 7) is 1.79. The van der Waals surface area contributed by atoms with E-state index >= 15 is 0 Å². The summed E-state index contributed by atoms with van der Waals surface area (Å²) in [4.78, 5) is 13.2. The summed E-state index contributed by atoms with van der Waals surface area (Å²) in [5.74, 6) is 0.587. The van der Waals surface area contributed by atoms with Crippen LogP contribution < -0.4 is 4.90 Å². The van der Waals surface area contributed by atoms with E-state index < -0.39 is 0 Å². The largest absolute Gasteiger partial charge is 0.357 e. The standard InChI is InChI=1S/C22H23FN6/c1-27(2)14-15-28(3)20-9-8-19-25-21(16-4-6-18(23)7-5-16)22(29(19)26-20)17-10-12-24-13-11-17/h4-13H,14-15H2,1-3H3. The van der Waals surface area contributed by atoms with Gasteiger partial charge in [-0.2, -0.15) is 0 Å². The van der Waals surface area contributed by atoms with Gasteiger partial charge in [0.15, 0.2) is 5.65 Å². The number of pyridine rings is 1. The van der Waals surface area contributed by atoms with Gasteiger partial charge in [-0.05, 0) is 62.6 Å². The number of hydrogen-bond acceptors (Lipinski definition) is 5. The van der Waals surface area contributed by atoms with Gasteiger partial charge in [-0.15, -0.1) is 5.10 Å². The van der Waals surface area contributed by atoms with E-state index in [1.807, 2.05) is 35.8 Å². The van der Waals surface area contributed by atoms with Gasteiger partial charge in [-0.1, -0.05) is 0 Å². The number of likely N-dealkylation sites (N-methyl/N-ethyl adjacent to an activating group) is 2. The lowest BCUT2D eigenvalue weighted by molar-refractivity contribution is 0.416. The Kier molecular flexibility index (Phi) is 5.22. The van der Waals surface area contributed by atoms with Crippen LogP contribution in [0.15, 0.2) is 60.9 Å². The first kappa shape index (κ1) is 19.0. The molecule has 0 radical (unpaired) electrons. The fourth-order valence-electron chi connectivity index (χ4n) is 3.17. The number of aromatic nitrogens is 4. The van der Waals surface area contributed by atoms with E-state index in [0.717, 1.165) is 47.1 Å². The van der Waals surface area contributed by atoms with Crippen LogP contribution in [-0.4, -0.2) is 58.7 Å². The van der Waals surface area contributed by atoms with E-state index in [0.29, 0.717) is 0 Å². The van der Waals surface area contributed by atoms with E-state index in [4.69, 9.17) is 10.1 Å². The highest BCUT2D eigenvalue weighted by Gasteiger charge is 2.18. The first-order valence-electron chi connectivity index (χ1n) is 9.45. The van der Waals surface area contributed by atoms with Crippen molar-refractivity contribution >= 4 is 11.5 Å². The average Bonchev–Trinajstić information content (AvgIpc) is 3.11. The molecule has 0 spiro atoms. The average molecular weight is 390 g/mol. The maximum absolute atomic E-state index is 13.4. The molecule has 4 rings (SSSR count). The summed E-state index contributed by atoms with van der Waals surface area (Å²) in [5, 5.41) is 4.86. The van der Waals surface area contributed by atoms with Crippen molar-refractivity contribution in [2.75, 3.05) is 39.1 Å². The molecule has 0 N–H and O–H groups in total. The van der Waals surface area contributed by atoms with Crippen LogP contribution in [-0.2, 0) is 0 Å². The second-order valence-electron chi connectivity index (χ2n) is 7.24. The third kappa shape index (κ3) is 3.95. The lowest BCUT2D eigenvalue weighted by Crippen LogP contribution is -2.29. The summed E-state index contributed by atoms with van der Waals surface area (Å²) in [7, 11) is 6.13. The molecule has 0 amide bonds. The van der Waals surface area contributed by atoms with Gasteiger partial charge in [0.2, 0.25) is 0 Å². The zero-order valence-electron chi connectivity index (χ0n) is 16.7. The van der Waals surface area contributed by atoms with Gasteiger partial charge in [-0.3, -0.25) is 4.98 Å². The van der Waals surface area contributed by atoms with Crippen molar-refractivity contribution in [2.45, 2.75) is 0 Å². The van der Waals surface area contributed by atoms with Crippen LogP contribution in [0.4, 0.5) is 10.2 Å². The van der Waals surface area contributed by atoms with E-state index in [1.54, 1.807) is 24.5 Å². The Morgan fingerprint density at radius 2 is 1.59 bits per heavy atom. The molecule has 1 aromatic carbocycles. The van der Waals surface area contributed by atoms with Gasteiger partial charge in [0, 0.05) is 43.7 Å². The molecule has 6 nitrogen and oxygen atoms in total. The molecule has 0 aliphatic heterocycles. The Hall–Kier alpha value is -3.32.